The van der Waals surface area contributed by atoms with Crippen LogP contribution in [-0.2, 0) is 0 Å². The maximum absolute atomic E-state index is 9.85. The van der Waals surface area contributed by atoms with E-state index in [2.05, 4.69) is 16.8 Å². The largest absolute Gasteiger partial charge is 0.512 e. The molecule has 0 aliphatic heterocycles. The average molecular weight is 291 g/mol. The number of nitrogen functional groups attached to an aromatic ring is 1. The van der Waals surface area contributed by atoms with Gasteiger partial charge in [-0.15, -0.1) is 0 Å². The Labute approximate surface area is 129 Å². The molecule has 1 aromatic heterocycles. The van der Waals surface area contributed by atoms with E-state index < -0.39 is 0 Å². The van der Waals surface area contributed by atoms with Crippen LogP contribution in [0.1, 0.15) is 30.7 Å². The van der Waals surface area contributed by atoms with Gasteiger partial charge in [0.15, 0.2) is 0 Å². The predicted octanol–water partition coefficient (Wildman–Crippen LogP) is 3.39. The number of nitrogens with one attached hydrogen (secondary N) is 1. The summed E-state index contributed by atoms with van der Waals surface area (Å²) in [6.07, 6.45) is 0. The van der Waals surface area contributed by atoms with Gasteiger partial charge in [-0.2, -0.15) is 0 Å². The topological polar surface area (TPSA) is 83.0 Å². The van der Waals surface area contributed by atoms with E-state index in [-0.39, 0.29) is 11.5 Å². The van der Waals surface area contributed by atoms with Crippen molar-refractivity contribution >= 4 is 17.1 Å². The molecule has 0 saturated carbocycles. The summed E-state index contributed by atoms with van der Waals surface area (Å²) in [6.45, 7) is 3.15. The number of nitrogens with two attached hydrogens (primary N) is 1. The van der Waals surface area contributed by atoms with Crippen molar-refractivity contribution in [1.82, 2.24) is 4.98 Å². The van der Waals surface area contributed by atoms with Crippen molar-refractivity contribution in [2.45, 2.75) is 13.8 Å². The molecular weight excluding hydrogens is 274 g/mol. The van der Waals surface area contributed by atoms with E-state index >= 15 is 0 Å². The molecule has 0 fully saturated rings. The Kier molecular flexibility index (Phi) is 4.60. The molecule has 0 unspecified atom stereocenters. The lowest BCUT2D eigenvalue weighted by molar-refractivity contribution is 0.418. The number of aliphatic hydroxyl groups is 1. The van der Waals surface area contributed by atoms with Crippen molar-refractivity contribution in [3.8, 4) is 11.8 Å². The highest BCUT2D eigenvalue weighted by molar-refractivity contribution is 6.22. The highest BCUT2D eigenvalue weighted by Crippen LogP contribution is 2.22. The number of aliphatic hydroxyl groups excluding tert-OH is 1. The Hall–Kier alpha value is -3.06. The van der Waals surface area contributed by atoms with Crippen LogP contribution in [0.5, 0.6) is 0 Å². The molecule has 0 bridgehead atoms. The lowest BCUT2D eigenvalue weighted by atomic mass is 9.99. The van der Waals surface area contributed by atoms with Crippen LogP contribution in [0, 0.1) is 17.3 Å². The zero-order chi connectivity index (χ0) is 16.1. The Morgan fingerprint density at radius 2 is 1.77 bits per heavy atom. The molecule has 0 aliphatic carbocycles. The van der Waals surface area contributed by atoms with E-state index in [9.17, 15) is 5.11 Å². The summed E-state index contributed by atoms with van der Waals surface area (Å²) in [6, 6.07) is 12.9. The van der Waals surface area contributed by atoms with Gasteiger partial charge < -0.3 is 16.2 Å². The van der Waals surface area contributed by atoms with Gasteiger partial charge in [0.1, 0.15) is 11.5 Å². The van der Waals surface area contributed by atoms with Crippen LogP contribution in [0.4, 0.5) is 5.82 Å². The minimum atomic E-state index is 0.0573. The third kappa shape index (κ3) is 3.53. The molecule has 0 atom stereocenters. The first kappa shape index (κ1) is 15.3. The van der Waals surface area contributed by atoms with Crippen LogP contribution >= 0.6 is 0 Å². The van der Waals surface area contributed by atoms with Gasteiger partial charge in [0.2, 0.25) is 0 Å². The molecule has 110 valence electrons. The van der Waals surface area contributed by atoms with Crippen LogP contribution in [-0.4, -0.2) is 15.8 Å². The minimum absolute atomic E-state index is 0.0573. The van der Waals surface area contributed by atoms with Crippen molar-refractivity contribution in [1.29, 1.82) is 5.41 Å². The van der Waals surface area contributed by atoms with Gasteiger partial charge in [0.25, 0.3) is 0 Å². The molecule has 4 heteroatoms. The van der Waals surface area contributed by atoms with Crippen LogP contribution in [0.2, 0.25) is 0 Å². The Morgan fingerprint density at radius 1 is 1.09 bits per heavy atom. The second kappa shape index (κ2) is 6.59. The molecule has 2 rings (SSSR count). The van der Waals surface area contributed by atoms with Gasteiger partial charge in [-0.1, -0.05) is 24.1 Å². The van der Waals surface area contributed by atoms with Gasteiger partial charge in [-0.25, -0.2) is 4.98 Å². The quantitative estimate of drug-likeness (QED) is 0.450. The summed E-state index contributed by atoms with van der Waals surface area (Å²) < 4.78 is 0. The molecule has 0 radical (unpaired) electrons. The molecule has 1 aromatic carbocycles. The summed E-state index contributed by atoms with van der Waals surface area (Å²) in [5, 5.41) is 17.7. The van der Waals surface area contributed by atoms with Gasteiger partial charge >= 0.3 is 0 Å². The maximum atomic E-state index is 9.85. The molecule has 4 N–H and O–H groups in total. The first-order valence-electron chi connectivity index (χ1n) is 6.78. The second-order valence-electron chi connectivity index (χ2n) is 4.83. The fraction of sp³-hybridized carbons (Fsp3) is 0.111. The number of hydrogen-bond acceptors (Lipinski definition) is 4. The first-order valence-corrected chi connectivity index (χ1v) is 6.78. The number of hydrogen-bond donors (Lipinski definition) is 3. The minimum Gasteiger partial charge on any atom is -0.512 e. The number of rotatable bonds is 2. The lowest BCUT2D eigenvalue weighted by Gasteiger charge is -2.10. The SMILES string of the molecule is CC(=N)/C(=C(/C)O)c1ccc(N)nc1C#Cc1ccccc1. The highest BCUT2D eigenvalue weighted by atomic mass is 16.3. The number of anilines is 1. The Balaban J connectivity index is 2.57. The molecule has 0 spiro atoms. The number of benzene rings is 1. The van der Waals surface area contributed by atoms with Crippen molar-refractivity contribution in [2.75, 3.05) is 5.73 Å². The van der Waals surface area contributed by atoms with E-state index in [1.165, 1.54) is 6.92 Å². The van der Waals surface area contributed by atoms with Gasteiger partial charge in [-0.05, 0) is 44.0 Å². The summed E-state index contributed by atoms with van der Waals surface area (Å²) in [4.78, 5) is 4.24. The molecule has 2 aromatic rings. The Morgan fingerprint density at radius 3 is 2.36 bits per heavy atom. The average Bonchev–Trinajstić information content (AvgIpc) is 2.47. The van der Waals surface area contributed by atoms with Gasteiger partial charge in [-0.3, -0.25) is 0 Å². The molecule has 22 heavy (non-hydrogen) atoms. The predicted molar refractivity (Wildman–Crippen MR) is 89.7 cm³/mol. The van der Waals surface area contributed by atoms with Crippen LogP contribution < -0.4 is 5.73 Å². The molecule has 0 saturated heterocycles. The highest BCUT2D eigenvalue weighted by Gasteiger charge is 2.13. The van der Waals surface area contributed by atoms with Crippen molar-refractivity contribution in [3.05, 3.63) is 65.0 Å². The summed E-state index contributed by atoms with van der Waals surface area (Å²) in [7, 11) is 0. The van der Waals surface area contributed by atoms with E-state index in [1.807, 2.05) is 30.3 Å². The van der Waals surface area contributed by atoms with Crippen molar-refractivity contribution < 1.29 is 5.11 Å². The monoisotopic (exact) mass is 291 g/mol. The molecule has 0 aliphatic rings. The fourth-order valence-corrected chi connectivity index (χ4v) is 2.09. The van der Waals surface area contributed by atoms with Crippen LogP contribution in [0.3, 0.4) is 0 Å². The molecular formula is C18H17N3O. The van der Waals surface area contributed by atoms with E-state index in [1.54, 1.807) is 19.1 Å². The number of nitrogens with zero attached hydrogens (tertiary/aromatic N) is 1. The first-order chi connectivity index (χ1) is 10.5. The van der Waals surface area contributed by atoms with Crippen LogP contribution in [0.25, 0.3) is 5.57 Å². The van der Waals surface area contributed by atoms with Crippen molar-refractivity contribution in [3.63, 3.8) is 0 Å². The normalized spacial score (nSPS) is 11.2. The summed E-state index contributed by atoms with van der Waals surface area (Å²) >= 11 is 0. The van der Waals surface area contributed by atoms with Crippen LogP contribution in [0.15, 0.2) is 48.2 Å². The number of pyridine rings is 1. The lowest BCUT2D eigenvalue weighted by Crippen LogP contribution is -2.04. The summed E-state index contributed by atoms with van der Waals surface area (Å²) in [5.74, 6) is 6.40. The van der Waals surface area contributed by atoms with E-state index in [4.69, 9.17) is 11.1 Å². The standard InChI is InChI=1S/C18H17N3O/c1-12(19)18(13(2)22)15-9-11-17(20)21-16(15)10-8-14-6-4-3-5-7-14/h3-7,9,11,19,22H,1-2H3,(H2,20,21)/b18-13+,19-12?. The fourth-order valence-electron chi connectivity index (χ4n) is 2.09. The van der Waals surface area contributed by atoms with Crippen molar-refractivity contribution in [2.24, 2.45) is 0 Å². The zero-order valence-electron chi connectivity index (χ0n) is 12.5. The smallest absolute Gasteiger partial charge is 0.124 e. The van der Waals surface area contributed by atoms with Gasteiger partial charge in [0.05, 0.1) is 5.76 Å². The number of aromatic nitrogens is 1. The second-order valence-corrected chi connectivity index (χ2v) is 4.83. The Bertz CT molecular complexity index is 792. The molecule has 1 heterocycles. The molecule has 0 amide bonds. The van der Waals surface area contributed by atoms with Gasteiger partial charge in [0, 0.05) is 22.4 Å². The van der Waals surface area contributed by atoms with E-state index in [0.717, 1.165) is 5.56 Å². The zero-order valence-corrected chi connectivity index (χ0v) is 12.5. The number of allylic oxidation sites excluding steroid dienone is 2. The third-order valence-corrected chi connectivity index (χ3v) is 3.02. The van der Waals surface area contributed by atoms with E-state index in [0.29, 0.717) is 22.6 Å². The molecule has 4 nitrogen and oxygen atoms in total. The third-order valence-electron chi connectivity index (χ3n) is 3.02. The maximum Gasteiger partial charge on any atom is 0.124 e. The summed E-state index contributed by atoms with van der Waals surface area (Å²) in [5.41, 5.74) is 8.31.